The first kappa shape index (κ1) is 8.34. The first-order chi connectivity index (χ1) is 5.70. The summed E-state index contributed by atoms with van der Waals surface area (Å²) in [5.41, 5.74) is 0.619. The maximum atomic E-state index is 2.46. The number of fused-ring (bicyclic) bond motifs is 1. The van der Waals surface area contributed by atoms with E-state index in [4.69, 9.17) is 0 Å². The largest absolute Gasteiger partial charge is 0.0882 e. The van der Waals surface area contributed by atoms with Crippen molar-refractivity contribution in [2.45, 2.75) is 46.0 Å². The Morgan fingerprint density at radius 2 is 1.92 bits per heavy atom. The molecule has 0 heterocycles. The van der Waals surface area contributed by atoms with E-state index in [1.807, 2.05) is 0 Å². The zero-order valence-electron chi connectivity index (χ0n) is 8.34. The highest BCUT2D eigenvalue weighted by Crippen LogP contribution is 2.48. The van der Waals surface area contributed by atoms with Crippen molar-refractivity contribution in [3.8, 4) is 0 Å². The Kier molecular flexibility index (Phi) is 2.02. The van der Waals surface area contributed by atoms with E-state index in [0.29, 0.717) is 5.41 Å². The second-order valence-corrected chi connectivity index (χ2v) is 5.19. The van der Waals surface area contributed by atoms with Crippen molar-refractivity contribution in [1.29, 1.82) is 0 Å². The molecule has 0 bridgehead atoms. The molecule has 1 saturated carbocycles. The standard InChI is InChI=1S/C12H20/c1-12(2)9-5-7-10-6-3-4-8-11(10)12/h3-4,10-11H,5-9H2,1-2H3. The van der Waals surface area contributed by atoms with E-state index in [2.05, 4.69) is 26.0 Å². The van der Waals surface area contributed by atoms with Crippen LogP contribution in [0.3, 0.4) is 0 Å². The van der Waals surface area contributed by atoms with E-state index >= 15 is 0 Å². The van der Waals surface area contributed by atoms with Crippen LogP contribution in [0.4, 0.5) is 0 Å². The van der Waals surface area contributed by atoms with E-state index < -0.39 is 0 Å². The minimum atomic E-state index is 0.619. The third-order valence-corrected chi connectivity index (χ3v) is 3.96. The highest BCUT2D eigenvalue weighted by molar-refractivity contribution is 5.00. The lowest BCUT2D eigenvalue weighted by Crippen LogP contribution is -2.35. The molecule has 0 radical (unpaired) electrons. The van der Waals surface area contributed by atoms with Crippen LogP contribution in [0.25, 0.3) is 0 Å². The predicted octanol–water partition coefficient (Wildman–Crippen LogP) is 3.78. The molecule has 2 unspecified atom stereocenters. The van der Waals surface area contributed by atoms with E-state index in [9.17, 15) is 0 Å². The summed E-state index contributed by atoms with van der Waals surface area (Å²) in [4.78, 5) is 0. The van der Waals surface area contributed by atoms with Crippen LogP contribution in [-0.2, 0) is 0 Å². The fraction of sp³-hybridized carbons (Fsp3) is 0.833. The average molecular weight is 164 g/mol. The predicted molar refractivity (Wildman–Crippen MR) is 53.0 cm³/mol. The lowest BCUT2D eigenvalue weighted by molar-refractivity contribution is 0.0728. The van der Waals surface area contributed by atoms with Gasteiger partial charge in [-0.1, -0.05) is 32.4 Å². The maximum absolute atomic E-state index is 2.46. The minimum absolute atomic E-state index is 0.619. The van der Waals surface area contributed by atoms with E-state index in [1.165, 1.54) is 32.1 Å². The third-order valence-electron chi connectivity index (χ3n) is 3.96. The van der Waals surface area contributed by atoms with Gasteiger partial charge in [-0.05, 0) is 42.9 Å². The van der Waals surface area contributed by atoms with Gasteiger partial charge in [-0.3, -0.25) is 0 Å². The van der Waals surface area contributed by atoms with Gasteiger partial charge in [0.05, 0.1) is 0 Å². The Morgan fingerprint density at radius 1 is 1.17 bits per heavy atom. The molecule has 0 saturated heterocycles. The van der Waals surface area contributed by atoms with Crippen molar-refractivity contribution in [3.63, 3.8) is 0 Å². The molecule has 0 nitrogen and oxygen atoms in total. The molecule has 0 aliphatic heterocycles. The molecule has 0 spiro atoms. The molecule has 0 heteroatoms. The highest BCUT2D eigenvalue weighted by Gasteiger charge is 2.38. The number of hydrogen-bond donors (Lipinski definition) is 0. The quantitative estimate of drug-likeness (QED) is 0.478. The molecular formula is C12H20. The summed E-state index contributed by atoms with van der Waals surface area (Å²) in [5.74, 6) is 2.00. The van der Waals surface area contributed by atoms with Crippen LogP contribution >= 0.6 is 0 Å². The van der Waals surface area contributed by atoms with E-state index in [0.717, 1.165) is 11.8 Å². The lowest BCUT2D eigenvalue weighted by Gasteiger charge is -2.45. The summed E-state index contributed by atoms with van der Waals surface area (Å²) in [7, 11) is 0. The van der Waals surface area contributed by atoms with Gasteiger partial charge < -0.3 is 0 Å². The fourth-order valence-electron chi connectivity index (χ4n) is 3.15. The van der Waals surface area contributed by atoms with Crippen molar-refractivity contribution in [2.24, 2.45) is 17.3 Å². The van der Waals surface area contributed by atoms with Crippen LogP contribution in [-0.4, -0.2) is 0 Å². The zero-order chi connectivity index (χ0) is 8.60. The molecular weight excluding hydrogens is 144 g/mol. The summed E-state index contributed by atoms with van der Waals surface area (Å²) in [6, 6.07) is 0. The molecule has 0 aromatic rings. The van der Waals surface area contributed by atoms with Crippen LogP contribution in [0.1, 0.15) is 46.0 Å². The molecule has 0 amide bonds. The van der Waals surface area contributed by atoms with Crippen LogP contribution in [0.5, 0.6) is 0 Å². The Bertz CT molecular complexity index is 188. The summed E-state index contributed by atoms with van der Waals surface area (Å²) in [6.07, 6.45) is 11.9. The molecule has 2 aliphatic rings. The smallest absolute Gasteiger partial charge is 0.0297 e. The van der Waals surface area contributed by atoms with Crippen molar-refractivity contribution in [3.05, 3.63) is 12.2 Å². The van der Waals surface area contributed by atoms with Gasteiger partial charge in [-0.15, -0.1) is 0 Å². The fourth-order valence-corrected chi connectivity index (χ4v) is 3.15. The molecule has 0 aromatic heterocycles. The van der Waals surface area contributed by atoms with Gasteiger partial charge in [-0.2, -0.15) is 0 Å². The first-order valence-corrected chi connectivity index (χ1v) is 5.35. The van der Waals surface area contributed by atoms with Crippen LogP contribution in [0.2, 0.25) is 0 Å². The van der Waals surface area contributed by atoms with Crippen molar-refractivity contribution >= 4 is 0 Å². The van der Waals surface area contributed by atoms with Gasteiger partial charge in [-0.25, -0.2) is 0 Å². The maximum Gasteiger partial charge on any atom is -0.0297 e. The van der Waals surface area contributed by atoms with Gasteiger partial charge >= 0.3 is 0 Å². The summed E-state index contributed by atoms with van der Waals surface area (Å²) >= 11 is 0. The van der Waals surface area contributed by atoms with Gasteiger partial charge in [0.2, 0.25) is 0 Å². The van der Waals surface area contributed by atoms with Crippen LogP contribution < -0.4 is 0 Å². The first-order valence-electron chi connectivity index (χ1n) is 5.35. The SMILES string of the molecule is CC1(C)CCCC2CC=CCC21. The Hall–Kier alpha value is -0.260. The van der Waals surface area contributed by atoms with Gasteiger partial charge in [0.15, 0.2) is 0 Å². The molecule has 0 N–H and O–H groups in total. The Morgan fingerprint density at radius 3 is 2.67 bits per heavy atom. The average Bonchev–Trinajstić information content (AvgIpc) is 2.04. The number of rotatable bonds is 0. The lowest BCUT2D eigenvalue weighted by atomic mass is 9.60. The highest BCUT2D eigenvalue weighted by atomic mass is 14.4. The summed E-state index contributed by atoms with van der Waals surface area (Å²) < 4.78 is 0. The van der Waals surface area contributed by atoms with Crippen LogP contribution in [0, 0.1) is 17.3 Å². The molecule has 2 aliphatic carbocycles. The number of allylic oxidation sites excluding steroid dienone is 2. The Balaban J connectivity index is 2.16. The summed E-state index contributed by atoms with van der Waals surface area (Å²) in [6.45, 7) is 4.92. The third kappa shape index (κ3) is 1.32. The van der Waals surface area contributed by atoms with Crippen LogP contribution in [0.15, 0.2) is 12.2 Å². The Labute approximate surface area is 76.1 Å². The second kappa shape index (κ2) is 2.90. The minimum Gasteiger partial charge on any atom is -0.0882 e. The van der Waals surface area contributed by atoms with Crippen molar-refractivity contribution in [2.75, 3.05) is 0 Å². The normalized spacial score (nSPS) is 39.2. The van der Waals surface area contributed by atoms with Gasteiger partial charge in [0.1, 0.15) is 0 Å². The molecule has 12 heavy (non-hydrogen) atoms. The summed E-state index contributed by atoms with van der Waals surface area (Å²) in [5, 5.41) is 0. The van der Waals surface area contributed by atoms with Crippen molar-refractivity contribution in [1.82, 2.24) is 0 Å². The number of hydrogen-bond acceptors (Lipinski definition) is 0. The molecule has 68 valence electrons. The zero-order valence-corrected chi connectivity index (χ0v) is 8.34. The molecule has 2 atom stereocenters. The monoisotopic (exact) mass is 164 g/mol. The molecule has 0 aromatic carbocycles. The van der Waals surface area contributed by atoms with Crippen molar-refractivity contribution < 1.29 is 0 Å². The molecule has 1 fully saturated rings. The topological polar surface area (TPSA) is 0 Å². The van der Waals surface area contributed by atoms with E-state index in [1.54, 1.807) is 0 Å². The second-order valence-electron chi connectivity index (χ2n) is 5.19. The van der Waals surface area contributed by atoms with Gasteiger partial charge in [0, 0.05) is 0 Å². The van der Waals surface area contributed by atoms with E-state index in [-0.39, 0.29) is 0 Å². The molecule has 2 rings (SSSR count). The van der Waals surface area contributed by atoms with Gasteiger partial charge in [0.25, 0.3) is 0 Å².